The number of rotatable bonds is 7. The smallest absolute Gasteiger partial charge is 0.319 e. The number of nitrogens with one attached hydrogen (secondary N) is 3. The van der Waals surface area contributed by atoms with Crippen molar-refractivity contribution < 1.29 is 13.2 Å². The van der Waals surface area contributed by atoms with E-state index >= 15 is 0 Å². The number of hydrogen-bond acceptors (Lipinski definition) is 4. The number of carbonyl (C=O) groups is 1. The summed E-state index contributed by atoms with van der Waals surface area (Å²) in [6, 6.07) is 7.32. The molecule has 118 valence electrons. The van der Waals surface area contributed by atoms with Crippen molar-refractivity contribution in [2.75, 3.05) is 30.4 Å². The monoisotopic (exact) mass is 313 g/mol. The van der Waals surface area contributed by atoms with Gasteiger partial charge in [0, 0.05) is 24.0 Å². The molecule has 1 aromatic carbocycles. The highest BCUT2D eigenvalue weighted by Gasteiger charge is 2.08. The highest BCUT2D eigenvalue weighted by atomic mass is 32.2. The number of urea groups is 1. The minimum atomic E-state index is -3.06. The molecule has 1 atom stereocenters. The summed E-state index contributed by atoms with van der Waals surface area (Å²) in [7, 11) is -1.17. The predicted molar refractivity (Wildman–Crippen MR) is 85.3 cm³/mol. The third kappa shape index (κ3) is 6.14. The summed E-state index contributed by atoms with van der Waals surface area (Å²) in [5, 5.41) is 8.33. The maximum absolute atomic E-state index is 11.6. The van der Waals surface area contributed by atoms with E-state index in [0.29, 0.717) is 5.69 Å². The quantitative estimate of drug-likeness (QED) is 0.712. The molecule has 1 rings (SSSR count). The molecule has 0 bridgehead atoms. The SMILES string of the molecule is CCS(=O)(=O)CCNC(=O)Nc1ccc(C(C)NC)cc1. The maximum atomic E-state index is 11.6. The van der Waals surface area contributed by atoms with Crippen LogP contribution in [0.2, 0.25) is 0 Å². The molecule has 2 amide bonds. The molecular weight excluding hydrogens is 290 g/mol. The molecule has 0 saturated carbocycles. The number of benzene rings is 1. The van der Waals surface area contributed by atoms with Gasteiger partial charge in [-0.3, -0.25) is 0 Å². The molecule has 1 unspecified atom stereocenters. The van der Waals surface area contributed by atoms with Gasteiger partial charge >= 0.3 is 6.03 Å². The van der Waals surface area contributed by atoms with Crippen LogP contribution in [-0.4, -0.2) is 39.5 Å². The molecule has 0 spiro atoms. The van der Waals surface area contributed by atoms with Crippen molar-refractivity contribution in [3.05, 3.63) is 29.8 Å². The summed E-state index contributed by atoms with van der Waals surface area (Å²) in [4.78, 5) is 11.6. The molecule has 21 heavy (non-hydrogen) atoms. The zero-order chi connectivity index (χ0) is 15.9. The van der Waals surface area contributed by atoms with Crippen molar-refractivity contribution in [1.29, 1.82) is 0 Å². The Bertz CT molecular complexity index is 555. The number of sulfone groups is 1. The lowest BCUT2D eigenvalue weighted by molar-refractivity contribution is 0.252. The molecular formula is C14H23N3O3S. The van der Waals surface area contributed by atoms with E-state index in [2.05, 4.69) is 16.0 Å². The molecule has 0 radical (unpaired) electrons. The molecule has 0 aliphatic rings. The number of carbonyl (C=O) groups excluding carboxylic acids is 1. The highest BCUT2D eigenvalue weighted by molar-refractivity contribution is 7.91. The molecule has 7 heteroatoms. The number of hydrogen-bond donors (Lipinski definition) is 3. The van der Waals surface area contributed by atoms with Gasteiger partial charge in [-0.05, 0) is 31.7 Å². The van der Waals surface area contributed by atoms with Crippen LogP contribution in [0, 0.1) is 0 Å². The minimum absolute atomic E-state index is 0.0461. The second-order valence-corrected chi connectivity index (χ2v) is 7.22. The van der Waals surface area contributed by atoms with Crippen LogP contribution in [0.4, 0.5) is 10.5 Å². The van der Waals surface area contributed by atoms with Crippen molar-refractivity contribution >= 4 is 21.6 Å². The van der Waals surface area contributed by atoms with E-state index in [1.807, 2.05) is 38.2 Å². The number of amides is 2. The lowest BCUT2D eigenvalue weighted by Crippen LogP contribution is -2.33. The zero-order valence-electron chi connectivity index (χ0n) is 12.6. The van der Waals surface area contributed by atoms with E-state index in [1.165, 1.54) is 0 Å². The third-order valence-corrected chi connectivity index (χ3v) is 4.95. The average molecular weight is 313 g/mol. The van der Waals surface area contributed by atoms with E-state index in [4.69, 9.17) is 0 Å². The van der Waals surface area contributed by atoms with Crippen LogP contribution in [0.15, 0.2) is 24.3 Å². The van der Waals surface area contributed by atoms with E-state index in [9.17, 15) is 13.2 Å². The summed E-state index contributed by atoms with van der Waals surface area (Å²) < 4.78 is 22.6. The first-order valence-electron chi connectivity index (χ1n) is 6.90. The normalized spacial score (nSPS) is 12.7. The highest BCUT2D eigenvalue weighted by Crippen LogP contribution is 2.15. The first kappa shape index (κ1) is 17.5. The second kappa shape index (κ2) is 7.99. The van der Waals surface area contributed by atoms with E-state index < -0.39 is 15.9 Å². The Kier molecular flexibility index (Phi) is 6.64. The average Bonchev–Trinajstić information content (AvgIpc) is 2.47. The van der Waals surface area contributed by atoms with Crippen LogP contribution < -0.4 is 16.0 Å². The molecule has 0 heterocycles. The molecule has 6 nitrogen and oxygen atoms in total. The lowest BCUT2D eigenvalue weighted by Gasteiger charge is -2.12. The molecule has 0 fully saturated rings. The third-order valence-electron chi connectivity index (χ3n) is 3.24. The predicted octanol–water partition coefficient (Wildman–Crippen LogP) is 1.52. The van der Waals surface area contributed by atoms with Crippen molar-refractivity contribution in [1.82, 2.24) is 10.6 Å². The van der Waals surface area contributed by atoms with Gasteiger partial charge in [0.25, 0.3) is 0 Å². The number of anilines is 1. The van der Waals surface area contributed by atoms with Gasteiger partial charge in [0.2, 0.25) is 0 Å². The van der Waals surface area contributed by atoms with Gasteiger partial charge in [-0.25, -0.2) is 13.2 Å². The first-order chi connectivity index (χ1) is 9.88. The van der Waals surface area contributed by atoms with Crippen LogP contribution in [-0.2, 0) is 9.84 Å². The minimum Gasteiger partial charge on any atom is -0.337 e. The van der Waals surface area contributed by atoms with Gasteiger partial charge in [0.05, 0.1) is 5.75 Å². The molecule has 0 aliphatic carbocycles. The largest absolute Gasteiger partial charge is 0.337 e. The zero-order valence-corrected chi connectivity index (χ0v) is 13.5. The Balaban J connectivity index is 2.45. The van der Waals surface area contributed by atoms with Crippen LogP contribution in [0.3, 0.4) is 0 Å². The van der Waals surface area contributed by atoms with Gasteiger partial charge in [0.1, 0.15) is 0 Å². The van der Waals surface area contributed by atoms with Crippen LogP contribution in [0.5, 0.6) is 0 Å². The second-order valence-electron chi connectivity index (χ2n) is 4.75. The Labute approximate surface area is 126 Å². The van der Waals surface area contributed by atoms with Crippen molar-refractivity contribution in [2.24, 2.45) is 0 Å². The van der Waals surface area contributed by atoms with E-state index in [-0.39, 0.29) is 24.1 Å². The van der Waals surface area contributed by atoms with Crippen LogP contribution in [0.1, 0.15) is 25.5 Å². The Morgan fingerprint density at radius 1 is 1.24 bits per heavy atom. The fourth-order valence-corrected chi connectivity index (χ4v) is 2.36. The van der Waals surface area contributed by atoms with Crippen molar-refractivity contribution in [3.63, 3.8) is 0 Å². The van der Waals surface area contributed by atoms with Crippen LogP contribution in [0.25, 0.3) is 0 Å². The van der Waals surface area contributed by atoms with Crippen LogP contribution >= 0.6 is 0 Å². The Hall–Kier alpha value is -1.60. The summed E-state index contributed by atoms with van der Waals surface area (Å²) >= 11 is 0. The van der Waals surface area contributed by atoms with Gasteiger partial charge in [-0.1, -0.05) is 19.1 Å². The Morgan fingerprint density at radius 3 is 2.38 bits per heavy atom. The summed E-state index contributed by atoms with van der Waals surface area (Å²) in [6.07, 6.45) is 0. The van der Waals surface area contributed by atoms with E-state index in [1.54, 1.807) is 6.92 Å². The molecule has 3 N–H and O–H groups in total. The fourth-order valence-electron chi connectivity index (χ4n) is 1.66. The lowest BCUT2D eigenvalue weighted by atomic mass is 10.1. The van der Waals surface area contributed by atoms with E-state index in [0.717, 1.165) is 5.56 Å². The fraction of sp³-hybridized carbons (Fsp3) is 0.500. The topological polar surface area (TPSA) is 87.3 Å². The first-order valence-corrected chi connectivity index (χ1v) is 8.72. The van der Waals surface area contributed by atoms with Gasteiger partial charge < -0.3 is 16.0 Å². The Morgan fingerprint density at radius 2 is 1.86 bits per heavy atom. The molecule has 0 saturated heterocycles. The summed E-state index contributed by atoms with van der Waals surface area (Å²) in [6.45, 7) is 3.74. The summed E-state index contributed by atoms with van der Waals surface area (Å²) in [5.41, 5.74) is 1.79. The summed E-state index contributed by atoms with van der Waals surface area (Å²) in [5.74, 6) is 0.0386. The van der Waals surface area contributed by atoms with Crippen molar-refractivity contribution in [2.45, 2.75) is 19.9 Å². The van der Waals surface area contributed by atoms with Gasteiger partial charge in [-0.15, -0.1) is 0 Å². The van der Waals surface area contributed by atoms with Crippen molar-refractivity contribution in [3.8, 4) is 0 Å². The standard InChI is InChI=1S/C14H23N3O3S/c1-4-21(19,20)10-9-16-14(18)17-13-7-5-12(6-8-13)11(2)15-3/h5-8,11,15H,4,9-10H2,1-3H3,(H2,16,17,18). The molecule has 1 aromatic rings. The van der Waals surface area contributed by atoms with Gasteiger partial charge in [0.15, 0.2) is 9.84 Å². The molecule has 0 aromatic heterocycles. The molecule has 0 aliphatic heterocycles. The maximum Gasteiger partial charge on any atom is 0.319 e. The van der Waals surface area contributed by atoms with Gasteiger partial charge in [-0.2, -0.15) is 0 Å².